The number of amides is 1. The number of halogens is 3. The van der Waals surface area contributed by atoms with Crippen LogP contribution in [0.1, 0.15) is 22.5 Å². The zero-order chi connectivity index (χ0) is 34.2. The molecule has 0 saturated heterocycles. The number of nitrogens with one attached hydrogen (secondary N) is 1. The fourth-order valence-electron chi connectivity index (χ4n) is 5.63. The third kappa shape index (κ3) is 6.12. The van der Waals surface area contributed by atoms with Crippen LogP contribution < -0.4 is 15.6 Å². The number of hydrogen-bond donors (Lipinski definition) is 1. The highest BCUT2D eigenvalue weighted by Crippen LogP contribution is 2.38. The van der Waals surface area contributed by atoms with Crippen molar-refractivity contribution in [1.82, 2.24) is 14.6 Å². The summed E-state index contributed by atoms with van der Waals surface area (Å²) in [5, 5.41) is 16.6. The number of pyridine rings is 1. The molecule has 48 heavy (non-hydrogen) atoms. The van der Waals surface area contributed by atoms with Crippen molar-refractivity contribution < 1.29 is 27.6 Å². The lowest BCUT2D eigenvalue weighted by Gasteiger charge is -2.14. The lowest BCUT2D eigenvalue weighted by atomic mass is 10.1. The average Bonchev–Trinajstić information content (AvgIpc) is 3.35. The van der Waals surface area contributed by atoms with Crippen LogP contribution in [-0.4, -0.2) is 26.2 Å². The van der Waals surface area contributed by atoms with E-state index in [0.29, 0.717) is 27.9 Å². The number of alkyl halides is 3. The smallest absolute Gasteiger partial charge is 0.416 e. The normalized spacial score (nSPS) is 11.8. The highest BCUT2D eigenvalue weighted by molar-refractivity contribution is 5.95. The van der Waals surface area contributed by atoms with Crippen molar-refractivity contribution in [3.05, 3.63) is 140 Å². The van der Waals surface area contributed by atoms with E-state index >= 15 is 0 Å². The fraction of sp³-hybridized carbons (Fsp3) is 0.114. The third-order valence-corrected chi connectivity index (χ3v) is 7.85. The molecule has 2 heterocycles. The topological polar surface area (TPSA) is 121 Å². The highest BCUT2D eigenvalue weighted by Gasteiger charge is 2.33. The summed E-state index contributed by atoms with van der Waals surface area (Å²) in [6.45, 7) is 3.68. The Hall–Kier alpha value is -6.24. The molecule has 242 valence electrons. The molecule has 0 atom stereocenters. The molecule has 1 amide bonds. The Balaban J connectivity index is 1.18. The molecule has 10 nitrogen and oxygen atoms in total. The predicted octanol–water partition coefficient (Wildman–Crippen LogP) is 7.43. The van der Waals surface area contributed by atoms with Crippen molar-refractivity contribution in [2.24, 2.45) is 5.10 Å². The minimum atomic E-state index is -4.73. The number of rotatable bonds is 8. The molecule has 2 aromatic heterocycles. The summed E-state index contributed by atoms with van der Waals surface area (Å²) in [6.07, 6.45) is -3.21. The van der Waals surface area contributed by atoms with Crippen LogP contribution in [0.15, 0.2) is 107 Å². The molecule has 0 aliphatic rings. The van der Waals surface area contributed by atoms with Gasteiger partial charge in [-0.1, -0.05) is 24.3 Å². The van der Waals surface area contributed by atoms with E-state index in [1.807, 2.05) is 36.6 Å². The first kappa shape index (κ1) is 31.7. The van der Waals surface area contributed by atoms with Crippen molar-refractivity contribution in [3.8, 4) is 17.2 Å². The number of ether oxygens (including phenoxy) is 1. The first-order chi connectivity index (χ1) is 22.9. The molecule has 6 aromatic rings. The largest absolute Gasteiger partial charge is 0.450 e. The van der Waals surface area contributed by atoms with Gasteiger partial charge in [-0.3, -0.25) is 19.7 Å². The first-order valence-electron chi connectivity index (χ1n) is 14.6. The van der Waals surface area contributed by atoms with Gasteiger partial charge in [-0.2, -0.15) is 18.3 Å². The van der Waals surface area contributed by atoms with Crippen molar-refractivity contribution in [1.29, 1.82) is 0 Å². The van der Waals surface area contributed by atoms with Crippen LogP contribution in [-0.2, 0) is 17.5 Å². The Kier molecular flexibility index (Phi) is 8.27. The molecule has 0 fully saturated rings. The SMILES string of the molecule is Cc1cc(/C=N\NC(=O)Cn2c3ccccc3c(=O)c3ccccc32)c(C)n1-c1ccc(Oc2ccc(C(F)(F)F)cc2[N+](=O)[O-])cc1. The second kappa shape index (κ2) is 12.5. The lowest BCUT2D eigenvalue weighted by molar-refractivity contribution is -0.385. The van der Waals surface area contributed by atoms with Crippen LogP contribution in [0.2, 0.25) is 0 Å². The van der Waals surface area contributed by atoms with Gasteiger partial charge < -0.3 is 13.9 Å². The number of carbonyl (C=O) groups is 1. The number of carbonyl (C=O) groups excluding carboxylic acids is 1. The van der Waals surface area contributed by atoms with E-state index in [1.54, 1.807) is 65.2 Å². The van der Waals surface area contributed by atoms with Crippen molar-refractivity contribution in [2.45, 2.75) is 26.6 Å². The van der Waals surface area contributed by atoms with E-state index in [-0.39, 0.29) is 29.4 Å². The van der Waals surface area contributed by atoms with E-state index in [4.69, 9.17) is 4.74 Å². The number of para-hydroxylation sites is 2. The van der Waals surface area contributed by atoms with Gasteiger partial charge in [0.05, 0.1) is 27.7 Å². The summed E-state index contributed by atoms with van der Waals surface area (Å²) in [6, 6.07) is 24.7. The van der Waals surface area contributed by atoms with Crippen molar-refractivity contribution in [2.75, 3.05) is 0 Å². The maximum Gasteiger partial charge on any atom is 0.416 e. The maximum absolute atomic E-state index is 13.1. The van der Waals surface area contributed by atoms with Gasteiger partial charge >= 0.3 is 11.9 Å². The first-order valence-corrected chi connectivity index (χ1v) is 14.6. The molecule has 0 aliphatic carbocycles. The Bertz CT molecular complexity index is 2250. The Morgan fingerprint density at radius 2 is 1.56 bits per heavy atom. The van der Waals surface area contributed by atoms with Gasteiger partial charge in [0, 0.05) is 39.5 Å². The van der Waals surface area contributed by atoms with Gasteiger partial charge in [0.2, 0.25) is 5.75 Å². The van der Waals surface area contributed by atoms with Gasteiger partial charge in [-0.05, 0) is 80.6 Å². The van der Waals surface area contributed by atoms with Gasteiger partial charge in [-0.15, -0.1) is 0 Å². The van der Waals surface area contributed by atoms with Crippen molar-refractivity contribution in [3.63, 3.8) is 0 Å². The monoisotopic (exact) mass is 653 g/mol. The number of hydrazone groups is 1. The zero-order valence-corrected chi connectivity index (χ0v) is 25.5. The van der Waals surface area contributed by atoms with Gasteiger partial charge in [0.1, 0.15) is 12.3 Å². The van der Waals surface area contributed by atoms with E-state index in [1.165, 1.54) is 6.21 Å². The Labute approximate surface area is 270 Å². The van der Waals surface area contributed by atoms with E-state index in [0.717, 1.165) is 34.8 Å². The number of nitro benzene ring substituents is 1. The molecular formula is C35H26F3N5O5. The number of nitro groups is 1. The Morgan fingerprint density at radius 1 is 0.938 bits per heavy atom. The second-order valence-corrected chi connectivity index (χ2v) is 10.9. The molecule has 0 spiro atoms. The summed E-state index contributed by atoms with van der Waals surface area (Å²) in [5.41, 5.74) is 4.89. The number of fused-ring (bicyclic) bond motifs is 2. The standard InChI is InChI=1S/C35H26F3N5O5/c1-21-17-23(19-39-40-33(44)20-41-29-9-5-3-7-27(29)34(45)28-8-4-6-10-30(28)41)22(2)42(21)25-12-14-26(15-13-25)48-32-16-11-24(35(36,37)38)18-31(32)43(46)47/h3-19H,20H2,1-2H3,(H,40,44)/b39-19-. The number of aryl methyl sites for hydroxylation is 1. The van der Waals surface area contributed by atoms with Gasteiger partial charge in [0.25, 0.3) is 5.91 Å². The van der Waals surface area contributed by atoms with Gasteiger partial charge in [-0.25, -0.2) is 5.43 Å². The molecule has 6 rings (SSSR count). The quantitative estimate of drug-likeness (QED) is 0.0793. The number of aromatic nitrogens is 2. The lowest BCUT2D eigenvalue weighted by Crippen LogP contribution is -2.25. The molecule has 0 radical (unpaired) electrons. The summed E-state index contributed by atoms with van der Waals surface area (Å²) >= 11 is 0. The fourth-order valence-corrected chi connectivity index (χ4v) is 5.63. The van der Waals surface area contributed by atoms with Crippen molar-refractivity contribution >= 4 is 39.6 Å². The number of benzene rings is 4. The van der Waals surface area contributed by atoms with Crippen LogP contribution in [0.4, 0.5) is 18.9 Å². The number of hydrogen-bond acceptors (Lipinski definition) is 6. The molecule has 0 unspecified atom stereocenters. The summed E-state index contributed by atoms with van der Waals surface area (Å²) in [7, 11) is 0. The van der Waals surface area contributed by atoms with Crippen LogP contribution in [0.3, 0.4) is 0 Å². The van der Waals surface area contributed by atoms with E-state index in [9.17, 15) is 32.9 Å². The molecule has 0 bridgehead atoms. The summed E-state index contributed by atoms with van der Waals surface area (Å²) in [5.74, 6) is -0.517. The predicted molar refractivity (Wildman–Crippen MR) is 175 cm³/mol. The molecule has 1 N–H and O–H groups in total. The molecule has 4 aromatic carbocycles. The van der Waals surface area contributed by atoms with Crippen LogP contribution >= 0.6 is 0 Å². The Morgan fingerprint density at radius 3 is 2.17 bits per heavy atom. The average molecular weight is 654 g/mol. The highest BCUT2D eigenvalue weighted by atomic mass is 19.4. The van der Waals surface area contributed by atoms with Crippen LogP contribution in [0.5, 0.6) is 11.5 Å². The molecular weight excluding hydrogens is 627 g/mol. The molecule has 13 heteroatoms. The zero-order valence-electron chi connectivity index (χ0n) is 25.5. The van der Waals surface area contributed by atoms with E-state index in [2.05, 4.69) is 10.5 Å². The minimum absolute atomic E-state index is 0.0677. The maximum atomic E-state index is 13.1. The number of nitrogens with zero attached hydrogens (tertiary/aromatic N) is 4. The van der Waals surface area contributed by atoms with E-state index < -0.39 is 22.4 Å². The van der Waals surface area contributed by atoms with Crippen LogP contribution in [0.25, 0.3) is 27.5 Å². The summed E-state index contributed by atoms with van der Waals surface area (Å²) in [4.78, 5) is 36.5. The molecule has 0 saturated carbocycles. The van der Waals surface area contributed by atoms with Gasteiger partial charge in [0.15, 0.2) is 5.43 Å². The second-order valence-electron chi connectivity index (χ2n) is 10.9. The molecule has 0 aliphatic heterocycles. The summed E-state index contributed by atoms with van der Waals surface area (Å²) < 4.78 is 48.4. The van der Waals surface area contributed by atoms with Crippen LogP contribution in [0, 0.1) is 24.0 Å². The minimum Gasteiger partial charge on any atom is -0.450 e. The third-order valence-electron chi connectivity index (χ3n) is 7.85.